The van der Waals surface area contributed by atoms with Gasteiger partial charge >= 0.3 is 0 Å². The first-order chi connectivity index (χ1) is 8.58. The summed E-state index contributed by atoms with van der Waals surface area (Å²) in [6.45, 7) is 8.87. The smallest absolute Gasteiger partial charge is 0.120 e. The van der Waals surface area contributed by atoms with Gasteiger partial charge in [0.05, 0.1) is 7.11 Å². The van der Waals surface area contributed by atoms with Gasteiger partial charge in [-0.3, -0.25) is 0 Å². The summed E-state index contributed by atoms with van der Waals surface area (Å²) >= 11 is 0. The molecule has 0 amide bonds. The number of benzene rings is 1. The van der Waals surface area contributed by atoms with Crippen LogP contribution in [0.15, 0.2) is 24.3 Å². The first-order valence-corrected chi connectivity index (χ1v) is 6.74. The lowest BCUT2D eigenvalue weighted by Crippen LogP contribution is -2.62. The molecule has 0 aliphatic carbocycles. The molecule has 18 heavy (non-hydrogen) atoms. The Balaban J connectivity index is 2.24. The minimum atomic E-state index is 0.204. The van der Waals surface area contributed by atoms with Gasteiger partial charge in [-0.15, -0.1) is 0 Å². The summed E-state index contributed by atoms with van der Waals surface area (Å²) in [5, 5.41) is 3.65. The van der Waals surface area contributed by atoms with Crippen LogP contribution in [-0.2, 0) is 0 Å². The molecular formula is C15H24N2O. The van der Waals surface area contributed by atoms with E-state index in [-0.39, 0.29) is 5.54 Å². The molecule has 1 saturated heterocycles. The average molecular weight is 248 g/mol. The van der Waals surface area contributed by atoms with Crippen LogP contribution < -0.4 is 15.0 Å². The molecule has 1 aliphatic rings. The van der Waals surface area contributed by atoms with Crippen molar-refractivity contribution in [1.29, 1.82) is 0 Å². The van der Waals surface area contributed by atoms with Crippen molar-refractivity contribution < 1.29 is 4.74 Å². The van der Waals surface area contributed by atoms with E-state index >= 15 is 0 Å². The zero-order chi connectivity index (χ0) is 13.2. The second kappa shape index (κ2) is 5.19. The third kappa shape index (κ3) is 2.61. The maximum absolute atomic E-state index is 5.32. The van der Waals surface area contributed by atoms with Crippen molar-refractivity contribution in [3.05, 3.63) is 24.3 Å². The Kier molecular flexibility index (Phi) is 3.81. The van der Waals surface area contributed by atoms with Crippen molar-refractivity contribution in [2.45, 2.75) is 38.8 Å². The minimum absolute atomic E-state index is 0.204. The zero-order valence-electron chi connectivity index (χ0n) is 11.9. The maximum atomic E-state index is 5.32. The van der Waals surface area contributed by atoms with Crippen LogP contribution in [-0.4, -0.2) is 31.8 Å². The lowest BCUT2D eigenvalue weighted by atomic mass is 9.93. The highest BCUT2D eigenvalue weighted by atomic mass is 16.5. The first kappa shape index (κ1) is 13.2. The Morgan fingerprint density at radius 2 is 2.28 bits per heavy atom. The van der Waals surface area contributed by atoms with Gasteiger partial charge in [0.15, 0.2) is 0 Å². The van der Waals surface area contributed by atoms with E-state index in [9.17, 15) is 0 Å². The lowest BCUT2D eigenvalue weighted by molar-refractivity contribution is 0.285. The Labute approximate surface area is 110 Å². The van der Waals surface area contributed by atoms with E-state index < -0.39 is 0 Å². The molecule has 0 saturated carbocycles. The molecule has 2 rings (SSSR count). The van der Waals surface area contributed by atoms with Crippen LogP contribution >= 0.6 is 0 Å². The van der Waals surface area contributed by atoms with Gasteiger partial charge in [0, 0.05) is 36.4 Å². The van der Waals surface area contributed by atoms with E-state index in [0.29, 0.717) is 6.04 Å². The second-order valence-electron chi connectivity index (χ2n) is 5.47. The van der Waals surface area contributed by atoms with E-state index in [1.807, 2.05) is 6.07 Å². The van der Waals surface area contributed by atoms with E-state index in [1.54, 1.807) is 7.11 Å². The molecule has 0 spiro atoms. The fraction of sp³-hybridized carbons (Fsp3) is 0.600. The van der Waals surface area contributed by atoms with E-state index in [0.717, 1.165) is 25.3 Å². The van der Waals surface area contributed by atoms with Crippen LogP contribution in [0.2, 0.25) is 0 Å². The Bertz CT molecular complexity index is 407. The van der Waals surface area contributed by atoms with Gasteiger partial charge in [0.25, 0.3) is 0 Å². The van der Waals surface area contributed by atoms with Crippen molar-refractivity contribution in [3.63, 3.8) is 0 Å². The predicted molar refractivity (Wildman–Crippen MR) is 76.5 cm³/mol. The third-order valence-electron chi connectivity index (χ3n) is 4.04. The van der Waals surface area contributed by atoms with Crippen molar-refractivity contribution in [2.75, 3.05) is 25.1 Å². The van der Waals surface area contributed by atoms with Crippen molar-refractivity contribution in [2.24, 2.45) is 0 Å². The van der Waals surface area contributed by atoms with Gasteiger partial charge in [-0.25, -0.2) is 0 Å². The van der Waals surface area contributed by atoms with Crippen molar-refractivity contribution >= 4 is 5.69 Å². The highest BCUT2D eigenvalue weighted by Gasteiger charge is 2.32. The highest BCUT2D eigenvalue weighted by molar-refractivity contribution is 5.52. The maximum Gasteiger partial charge on any atom is 0.120 e. The van der Waals surface area contributed by atoms with Crippen LogP contribution in [0.5, 0.6) is 5.75 Å². The number of anilines is 1. The number of nitrogens with zero attached hydrogens (tertiary/aromatic N) is 1. The zero-order valence-corrected chi connectivity index (χ0v) is 11.9. The molecule has 1 aromatic rings. The van der Waals surface area contributed by atoms with E-state index in [2.05, 4.69) is 49.2 Å². The largest absolute Gasteiger partial charge is 0.497 e. The van der Waals surface area contributed by atoms with Gasteiger partial charge in [-0.2, -0.15) is 0 Å². The van der Waals surface area contributed by atoms with Crippen molar-refractivity contribution in [3.8, 4) is 5.75 Å². The highest BCUT2D eigenvalue weighted by Crippen LogP contribution is 2.27. The van der Waals surface area contributed by atoms with Gasteiger partial charge in [0.2, 0.25) is 0 Å². The van der Waals surface area contributed by atoms with Gasteiger partial charge < -0.3 is 15.0 Å². The molecule has 1 heterocycles. The molecule has 2 atom stereocenters. The fourth-order valence-corrected chi connectivity index (χ4v) is 2.46. The van der Waals surface area contributed by atoms with Crippen LogP contribution in [0.25, 0.3) is 0 Å². The Morgan fingerprint density at radius 3 is 2.94 bits per heavy atom. The number of piperazine rings is 1. The molecular weight excluding hydrogens is 224 g/mol. The van der Waals surface area contributed by atoms with Gasteiger partial charge in [-0.05, 0) is 32.4 Å². The topological polar surface area (TPSA) is 24.5 Å². The van der Waals surface area contributed by atoms with Crippen molar-refractivity contribution in [1.82, 2.24) is 5.32 Å². The van der Waals surface area contributed by atoms with E-state index in [1.165, 1.54) is 5.69 Å². The summed E-state index contributed by atoms with van der Waals surface area (Å²) in [4.78, 5) is 2.47. The first-order valence-electron chi connectivity index (χ1n) is 6.74. The molecule has 0 radical (unpaired) electrons. The Morgan fingerprint density at radius 1 is 1.50 bits per heavy atom. The summed E-state index contributed by atoms with van der Waals surface area (Å²) in [5.74, 6) is 0.927. The lowest BCUT2D eigenvalue weighted by Gasteiger charge is -2.46. The summed E-state index contributed by atoms with van der Waals surface area (Å²) in [6.07, 6.45) is 1.14. The van der Waals surface area contributed by atoms with Crippen LogP contribution in [0.1, 0.15) is 27.2 Å². The normalized spacial score (nSPS) is 28.2. The predicted octanol–water partition coefficient (Wildman–Crippen LogP) is 2.66. The van der Waals surface area contributed by atoms with Crippen LogP contribution in [0.4, 0.5) is 5.69 Å². The molecule has 0 bridgehead atoms. The number of hydrogen-bond acceptors (Lipinski definition) is 3. The summed E-state index contributed by atoms with van der Waals surface area (Å²) < 4.78 is 5.32. The molecule has 1 N–H and O–H groups in total. The molecule has 0 aromatic heterocycles. The van der Waals surface area contributed by atoms with E-state index in [4.69, 9.17) is 4.74 Å². The third-order valence-corrected chi connectivity index (χ3v) is 4.04. The SMILES string of the molecule is CCC1(C)CN(c2cccc(OC)c2)C(C)CN1. The monoisotopic (exact) mass is 248 g/mol. The Hall–Kier alpha value is -1.22. The molecule has 3 nitrogen and oxygen atoms in total. The summed E-state index contributed by atoms with van der Waals surface area (Å²) in [7, 11) is 1.72. The van der Waals surface area contributed by atoms with Gasteiger partial charge in [0.1, 0.15) is 5.75 Å². The fourth-order valence-electron chi connectivity index (χ4n) is 2.46. The number of hydrogen-bond donors (Lipinski definition) is 1. The van der Waals surface area contributed by atoms with Crippen LogP contribution in [0.3, 0.4) is 0 Å². The van der Waals surface area contributed by atoms with Crippen LogP contribution in [0, 0.1) is 0 Å². The number of ether oxygens (including phenoxy) is 1. The molecule has 3 heteroatoms. The molecule has 1 aliphatic heterocycles. The molecule has 1 fully saturated rings. The second-order valence-corrected chi connectivity index (χ2v) is 5.47. The molecule has 2 unspecified atom stereocenters. The standard InChI is InChI=1S/C15H24N2O/c1-5-15(3)11-17(12(2)10-16-15)13-7-6-8-14(9-13)18-4/h6-9,12,16H,5,10-11H2,1-4H3. The summed E-state index contributed by atoms with van der Waals surface area (Å²) in [6, 6.07) is 8.86. The summed E-state index contributed by atoms with van der Waals surface area (Å²) in [5.41, 5.74) is 1.46. The van der Waals surface area contributed by atoms with Gasteiger partial charge in [-0.1, -0.05) is 13.0 Å². The number of nitrogens with one attached hydrogen (secondary N) is 1. The number of methoxy groups -OCH3 is 1. The minimum Gasteiger partial charge on any atom is -0.497 e. The average Bonchev–Trinajstić information content (AvgIpc) is 2.42. The quantitative estimate of drug-likeness (QED) is 0.890. The molecule has 1 aromatic carbocycles. The number of rotatable bonds is 3. The molecule has 100 valence electrons.